The molecule has 1 atom stereocenters. The number of fused-ring (bicyclic) bond motifs is 1. The van der Waals surface area contributed by atoms with Gasteiger partial charge in [0.25, 0.3) is 0 Å². The van der Waals surface area contributed by atoms with E-state index in [0.29, 0.717) is 24.0 Å². The van der Waals surface area contributed by atoms with Crippen LogP contribution in [0.2, 0.25) is 0 Å². The van der Waals surface area contributed by atoms with Crippen LogP contribution in [0.1, 0.15) is 75.3 Å². The molecule has 46 heavy (non-hydrogen) atoms. The number of hydrogen-bond acceptors (Lipinski definition) is 6. The Morgan fingerprint density at radius 3 is 2.02 bits per heavy atom. The average Bonchev–Trinajstić information content (AvgIpc) is 3.13. The second kappa shape index (κ2) is 23.9. The lowest BCUT2D eigenvalue weighted by Gasteiger charge is -2.34. The highest BCUT2D eigenvalue weighted by molar-refractivity contribution is 5.88. The Balaban J connectivity index is 0.000000936. The smallest absolute Gasteiger partial charge is 0.147 e. The number of aliphatic hydroxyl groups excluding tert-OH is 3. The van der Waals surface area contributed by atoms with Crippen molar-refractivity contribution in [3.8, 4) is 11.1 Å². The molecule has 0 amide bonds. The van der Waals surface area contributed by atoms with Gasteiger partial charge in [-0.2, -0.15) is 0 Å². The van der Waals surface area contributed by atoms with Gasteiger partial charge in [-0.25, -0.2) is 0 Å². The van der Waals surface area contributed by atoms with Crippen LogP contribution >= 0.6 is 0 Å². The van der Waals surface area contributed by atoms with Gasteiger partial charge in [0.05, 0.1) is 13.2 Å². The van der Waals surface area contributed by atoms with Gasteiger partial charge in [-0.15, -0.1) is 0 Å². The van der Waals surface area contributed by atoms with Crippen molar-refractivity contribution in [3.05, 3.63) is 96.1 Å². The van der Waals surface area contributed by atoms with E-state index in [0.717, 1.165) is 25.7 Å². The normalized spacial score (nSPS) is 16.0. The van der Waals surface area contributed by atoms with Gasteiger partial charge in [0.1, 0.15) is 13.1 Å². The van der Waals surface area contributed by atoms with Gasteiger partial charge in [0.2, 0.25) is 0 Å². The summed E-state index contributed by atoms with van der Waals surface area (Å²) >= 11 is 0. The number of aldehydes is 1. The third-order valence-electron chi connectivity index (χ3n) is 8.65. The number of aryl methyl sites for hydroxylation is 1. The molecule has 4 rings (SSSR count). The summed E-state index contributed by atoms with van der Waals surface area (Å²) < 4.78 is 5.50. The van der Waals surface area contributed by atoms with E-state index in [1.807, 2.05) is 6.79 Å². The summed E-state index contributed by atoms with van der Waals surface area (Å²) in [4.78, 5) is 17.5. The molecule has 1 fully saturated rings. The first-order valence-electron chi connectivity index (χ1n) is 16.3. The molecule has 0 radical (unpaired) electrons. The molecule has 0 aromatic heterocycles. The van der Waals surface area contributed by atoms with Crippen molar-refractivity contribution in [3.63, 3.8) is 0 Å². The first-order valence-corrected chi connectivity index (χ1v) is 16.3. The molecule has 1 aliphatic rings. The molecule has 3 aromatic carbocycles. The SMILES string of the molecule is C=C(C=O)CO.C=C(CO)CC(COC)C1CCC(c2ccc(-c3ccc4cc(CCCCC)ccc4c3)cc2)CC1.C=O.CO. The van der Waals surface area contributed by atoms with Crippen LogP contribution in [0.4, 0.5) is 0 Å². The van der Waals surface area contributed by atoms with E-state index in [1.54, 1.807) is 7.11 Å². The molecule has 3 N–H and O–H groups in total. The number of hydrogen-bond donors (Lipinski definition) is 3. The zero-order chi connectivity index (χ0) is 34.3. The number of carbonyl (C=O) groups excluding carboxylic acids is 2. The van der Waals surface area contributed by atoms with Gasteiger partial charge in [0, 0.05) is 26.4 Å². The Hall–Kier alpha value is -3.42. The molecule has 0 aliphatic heterocycles. The molecule has 0 heterocycles. The molecule has 6 heteroatoms. The molecule has 1 aliphatic carbocycles. The summed E-state index contributed by atoms with van der Waals surface area (Å²) in [5, 5.41) is 27.1. The lowest BCUT2D eigenvalue weighted by Crippen LogP contribution is -2.25. The van der Waals surface area contributed by atoms with Gasteiger partial charge in [-0.1, -0.05) is 93.1 Å². The second-order valence-electron chi connectivity index (χ2n) is 11.8. The quantitative estimate of drug-likeness (QED) is 0.0723. The van der Waals surface area contributed by atoms with E-state index in [9.17, 15) is 9.90 Å². The van der Waals surface area contributed by atoms with E-state index >= 15 is 0 Å². The topological polar surface area (TPSA) is 104 Å². The second-order valence-corrected chi connectivity index (χ2v) is 11.8. The van der Waals surface area contributed by atoms with Crippen LogP contribution in [0, 0.1) is 11.8 Å². The zero-order valence-corrected chi connectivity index (χ0v) is 28.3. The lowest BCUT2D eigenvalue weighted by molar-refractivity contribution is -0.105. The largest absolute Gasteiger partial charge is 0.400 e. The van der Waals surface area contributed by atoms with Crippen molar-refractivity contribution in [2.75, 3.05) is 34.0 Å². The Labute approximate surface area is 276 Å². The number of unbranched alkanes of at least 4 members (excludes halogenated alkanes) is 2. The number of rotatable bonds is 14. The van der Waals surface area contributed by atoms with Crippen LogP contribution < -0.4 is 0 Å². The Bertz CT molecular complexity index is 1290. The predicted octanol–water partition coefficient (Wildman–Crippen LogP) is 7.87. The summed E-state index contributed by atoms with van der Waals surface area (Å²) in [6.07, 6.45) is 11.4. The first kappa shape index (κ1) is 40.6. The van der Waals surface area contributed by atoms with Gasteiger partial charge < -0.3 is 24.9 Å². The molecule has 1 unspecified atom stereocenters. The minimum atomic E-state index is -0.233. The van der Waals surface area contributed by atoms with E-state index < -0.39 is 0 Å². The Morgan fingerprint density at radius 2 is 1.48 bits per heavy atom. The highest BCUT2D eigenvalue weighted by atomic mass is 16.5. The maximum atomic E-state index is 9.48. The molecule has 0 spiro atoms. The Kier molecular flexibility index (Phi) is 21.1. The van der Waals surface area contributed by atoms with Crippen LogP contribution in [-0.2, 0) is 20.7 Å². The number of methoxy groups -OCH3 is 1. The van der Waals surface area contributed by atoms with Crippen molar-refractivity contribution in [1.29, 1.82) is 0 Å². The highest BCUT2D eigenvalue weighted by Crippen LogP contribution is 2.41. The molecular formula is C40H56O6. The summed E-state index contributed by atoms with van der Waals surface area (Å²) in [6, 6.07) is 23.2. The van der Waals surface area contributed by atoms with Crippen molar-refractivity contribution < 1.29 is 29.6 Å². The first-order chi connectivity index (χ1) is 22.4. The molecule has 0 saturated heterocycles. The van der Waals surface area contributed by atoms with Crippen LogP contribution in [0.25, 0.3) is 21.9 Å². The average molecular weight is 633 g/mol. The fraction of sp³-hybridized carbons (Fsp3) is 0.450. The minimum Gasteiger partial charge on any atom is -0.400 e. The molecule has 0 bridgehead atoms. The van der Waals surface area contributed by atoms with E-state index in [-0.39, 0.29) is 18.8 Å². The molecule has 1 saturated carbocycles. The fourth-order valence-electron chi connectivity index (χ4n) is 6.13. The fourth-order valence-corrected chi connectivity index (χ4v) is 6.13. The molecule has 252 valence electrons. The van der Waals surface area contributed by atoms with Crippen molar-refractivity contribution in [1.82, 2.24) is 0 Å². The van der Waals surface area contributed by atoms with E-state index in [2.05, 4.69) is 80.7 Å². The van der Waals surface area contributed by atoms with Gasteiger partial charge in [-0.3, -0.25) is 4.79 Å². The minimum absolute atomic E-state index is 0.0825. The molecular weight excluding hydrogens is 576 g/mol. The summed E-state index contributed by atoms with van der Waals surface area (Å²) in [5.74, 6) is 1.77. The van der Waals surface area contributed by atoms with Gasteiger partial charge in [-0.05, 0) is 102 Å². The van der Waals surface area contributed by atoms with Gasteiger partial charge >= 0.3 is 0 Å². The van der Waals surface area contributed by atoms with Crippen LogP contribution in [0.15, 0.2) is 85.0 Å². The number of aliphatic hydroxyl groups is 3. The van der Waals surface area contributed by atoms with E-state index in [1.165, 1.54) is 84.4 Å². The maximum absolute atomic E-state index is 9.48. The molecule has 6 nitrogen and oxygen atoms in total. The number of benzene rings is 3. The third kappa shape index (κ3) is 13.5. The van der Waals surface area contributed by atoms with Crippen LogP contribution in [0.3, 0.4) is 0 Å². The standard InChI is InChI=1S/C34H44O2.C4H6O2.CH4O.CH2O/c1-4-5-6-7-26-8-9-33-22-32(19-18-31(33)21-26)29-14-10-27(11-15-29)28-12-16-30(17-13-28)34(24-36-3)20-25(2)23-35;1-4(2-5)3-6;2*1-2/h8-11,14-15,18-19,21-22,28,30,34-35H,2,4-7,12-13,16-17,20,23-24H2,1,3H3;2,6H,1,3H2;2H,1H3;1H2. The summed E-state index contributed by atoms with van der Waals surface area (Å²) in [7, 11) is 2.78. The molecule has 3 aromatic rings. The maximum Gasteiger partial charge on any atom is 0.147 e. The number of ether oxygens (including phenoxy) is 1. The number of carbonyl (C=O) groups is 2. The van der Waals surface area contributed by atoms with Crippen molar-refractivity contribution >= 4 is 23.8 Å². The van der Waals surface area contributed by atoms with Crippen LogP contribution in [0.5, 0.6) is 0 Å². The van der Waals surface area contributed by atoms with Crippen molar-refractivity contribution in [2.24, 2.45) is 11.8 Å². The van der Waals surface area contributed by atoms with E-state index in [4.69, 9.17) is 19.7 Å². The predicted molar refractivity (Wildman–Crippen MR) is 191 cm³/mol. The third-order valence-corrected chi connectivity index (χ3v) is 8.65. The van der Waals surface area contributed by atoms with Gasteiger partial charge in [0.15, 0.2) is 0 Å². The van der Waals surface area contributed by atoms with Crippen LogP contribution in [-0.4, -0.2) is 62.4 Å². The van der Waals surface area contributed by atoms with Crippen molar-refractivity contribution in [2.45, 2.75) is 70.6 Å². The lowest BCUT2D eigenvalue weighted by atomic mass is 9.72. The summed E-state index contributed by atoms with van der Waals surface area (Å²) in [6.45, 7) is 12.1. The highest BCUT2D eigenvalue weighted by Gasteiger charge is 2.28. The monoisotopic (exact) mass is 632 g/mol. The summed E-state index contributed by atoms with van der Waals surface area (Å²) in [5.41, 5.74) is 6.66. The Morgan fingerprint density at radius 1 is 0.870 bits per heavy atom. The zero-order valence-electron chi connectivity index (χ0n) is 28.3.